The number of benzene rings is 1. The Hall–Kier alpha value is -1.22. The summed E-state index contributed by atoms with van der Waals surface area (Å²) in [4.78, 5) is 2.22. The van der Waals surface area contributed by atoms with Gasteiger partial charge in [0.2, 0.25) is 0 Å². The van der Waals surface area contributed by atoms with Crippen molar-refractivity contribution in [1.29, 1.82) is 0 Å². The van der Waals surface area contributed by atoms with Crippen LogP contribution in [0.25, 0.3) is 0 Å². The first kappa shape index (κ1) is 15.8. The van der Waals surface area contributed by atoms with Gasteiger partial charge in [-0.05, 0) is 35.6 Å². The highest BCUT2D eigenvalue weighted by Gasteiger charge is 2.20. The van der Waals surface area contributed by atoms with Gasteiger partial charge in [-0.3, -0.25) is 0 Å². The van der Waals surface area contributed by atoms with E-state index in [1.807, 2.05) is 0 Å². The zero-order valence-electron chi connectivity index (χ0n) is 13.2. The Balaban J connectivity index is 3.00. The van der Waals surface area contributed by atoms with Crippen LogP contribution in [0.1, 0.15) is 39.2 Å². The Morgan fingerprint density at radius 3 is 2.42 bits per heavy atom. The summed E-state index contributed by atoms with van der Waals surface area (Å²) in [6, 6.07) is 6.45. The fourth-order valence-corrected chi connectivity index (χ4v) is 2.16. The van der Waals surface area contributed by atoms with E-state index in [4.69, 9.17) is 10.5 Å². The monoisotopic (exact) mass is 264 g/mol. The number of rotatable bonds is 6. The summed E-state index contributed by atoms with van der Waals surface area (Å²) in [6.07, 6.45) is 0. The van der Waals surface area contributed by atoms with Crippen LogP contribution in [0.15, 0.2) is 18.2 Å². The molecule has 3 heteroatoms. The number of hydrogen-bond donors (Lipinski definition) is 1. The first-order chi connectivity index (χ1) is 8.80. The van der Waals surface area contributed by atoms with E-state index in [0.29, 0.717) is 12.5 Å². The maximum atomic E-state index is 5.81. The zero-order chi connectivity index (χ0) is 14.6. The van der Waals surface area contributed by atoms with Crippen molar-refractivity contribution in [2.24, 2.45) is 11.1 Å². The molecule has 2 N–H and O–H groups in total. The molecule has 0 amide bonds. The molecule has 0 bridgehead atoms. The van der Waals surface area contributed by atoms with E-state index in [-0.39, 0.29) is 5.41 Å². The van der Waals surface area contributed by atoms with Crippen LogP contribution in [-0.4, -0.2) is 27.2 Å². The number of methoxy groups -OCH3 is 1. The van der Waals surface area contributed by atoms with E-state index in [1.165, 1.54) is 5.56 Å². The zero-order valence-corrected chi connectivity index (χ0v) is 13.2. The Morgan fingerprint density at radius 2 is 1.95 bits per heavy atom. The molecule has 3 nitrogen and oxygen atoms in total. The fraction of sp³-hybridized carbons (Fsp3) is 0.625. The van der Waals surface area contributed by atoms with Crippen molar-refractivity contribution in [3.05, 3.63) is 23.8 Å². The second-order valence-electron chi connectivity index (χ2n) is 6.31. The second-order valence-corrected chi connectivity index (χ2v) is 6.31. The Labute approximate surface area is 117 Å². The first-order valence-corrected chi connectivity index (χ1v) is 6.90. The van der Waals surface area contributed by atoms with Gasteiger partial charge in [0.15, 0.2) is 0 Å². The van der Waals surface area contributed by atoms with Gasteiger partial charge in [0.25, 0.3) is 0 Å². The van der Waals surface area contributed by atoms with E-state index in [0.717, 1.165) is 18.0 Å². The van der Waals surface area contributed by atoms with Gasteiger partial charge >= 0.3 is 0 Å². The van der Waals surface area contributed by atoms with Gasteiger partial charge < -0.3 is 15.4 Å². The molecule has 0 aliphatic carbocycles. The lowest BCUT2D eigenvalue weighted by Gasteiger charge is -2.31. The topological polar surface area (TPSA) is 38.5 Å². The number of nitrogens with zero attached hydrogens (tertiary/aromatic N) is 1. The third kappa shape index (κ3) is 4.13. The fourth-order valence-electron chi connectivity index (χ4n) is 2.16. The third-order valence-electron chi connectivity index (χ3n) is 3.50. The molecule has 0 aliphatic rings. The standard InChI is InChI=1S/C16H28N2O/c1-12(2)13-7-8-14(15(9-13)19-6)18(5)11-16(3,4)10-17/h7-9,12H,10-11,17H2,1-6H3. The molecule has 0 unspecified atom stereocenters. The number of anilines is 1. The molecule has 1 rings (SSSR count). The second kappa shape index (κ2) is 6.29. The summed E-state index contributed by atoms with van der Waals surface area (Å²) in [5.41, 5.74) is 8.32. The number of ether oxygens (including phenoxy) is 1. The van der Waals surface area contributed by atoms with E-state index in [1.54, 1.807) is 7.11 Å². The molecule has 19 heavy (non-hydrogen) atoms. The molecule has 0 aromatic heterocycles. The van der Waals surface area contributed by atoms with Crippen molar-refractivity contribution < 1.29 is 4.74 Å². The minimum Gasteiger partial charge on any atom is -0.495 e. The van der Waals surface area contributed by atoms with E-state index in [2.05, 4.69) is 57.8 Å². The molecule has 0 fully saturated rings. The van der Waals surface area contributed by atoms with Gasteiger partial charge in [-0.1, -0.05) is 33.8 Å². The Kier molecular flexibility index (Phi) is 5.24. The molecule has 0 heterocycles. The highest BCUT2D eigenvalue weighted by Crippen LogP contribution is 2.32. The summed E-state index contributed by atoms with van der Waals surface area (Å²) in [5.74, 6) is 1.44. The molecule has 0 saturated carbocycles. The summed E-state index contributed by atoms with van der Waals surface area (Å²) in [7, 11) is 3.81. The van der Waals surface area contributed by atoms with E-state index >= 15 is 0 Å². The lowest BCUT2D eigenvalue weighted by molar-refractivity contribution is 0.379. The summed E-state index contributed by atoms with van der Waals surface area (Å²) >= 11 is 0. The summed E-state index contributed by atoms with van der Waals surface area (Å²) < 4.78 is 5.53. The van der Waals surface area contributed by atoms with Crippen molar-refractivity contribution in [1.82, 2.24) is 0 Å². The van der Waals surface area contributed by atoms with Gasteiger partial charge in [0, 0.05) is 13.6 Å². The predicted octanol–water partition coefficient (Wildman–Crippen LogP) is 3.24. The van der Waals surface area contributed by atoms with Crippen molar-refractivity contribution in [2.75, 3.05) is 32.1 Å². The maximum Gasteiger partial charge on any atom is 0.142 e. The lowest BCUT2D eigenvalue weighted by Crippen LogP contribution is -2.36. The highest BCUT2D eigenvalue weighted by molar-refractivity contribution is 5.59. The summed E-state index contributed by atoms with van der Waals surface area (Å²) in [6.45, 7) is 10.3. The summed E-state index contributed by atoms with van der Waals surface area (Å²) in [5, 5.41) is 0. The quantitative estimate of drug-likeness (QED) is 0.857. The van der Waals surface area contributed by atoms with Crippen LogP contribution in [0.3, 0.4) is 0 Å². The van der Waals surface area contributed by atoms with Gasteiger partial charge in [0.1, 0.15) is 5.75 Å². The van der Waals surface area contributed by atoms with Crippen LogP contribution >= 0.6 is 0 Å². The average Bonchev–Trinajstić information content (AvgIpc) is 2.37. The number of nitrogens with two attached hydrogens (primary N) is 1. The van der Waals surface area contributed by atoms with Gasteiger partial charge in [-0.15, -0.1) is 0 Å². The highest BCUT2D eigenvalue weighted by atomic mass is 16.5. The Morgan fingerprint density at radius 1 is 1.32 bits per heavy atom. The van der Waals surface area contributed by atoms with Crippen molar-refractivity contribution in [3.63, 3.8) is 0 Å². The molecule has 1 aromatic carbocycles. The SMILES string of the molecule is COc1cc(C(C)C)ccc1N(C)CC(C)(C)CN. The van der Waals surface area contributed by atoms with Gasteiger partial charge in [-0.2, -0.15) is 0 Å². The smallest absolute Gasteiger partial charge is 0.142 e. The van der Waals surface area contributed by atoms with Crippen LogP contribution in [0.2, 0.25) is 0 Å². The molecule has 1 aromatic rings. The first-order valence-electron chi connectivity index (χ1n) is 6.90. The van der Waals surface area contributed by atoms with Crippen LogP contribution in [0.5, 0.6) is 5.75 Å². The average molecular weight is 264 g/mol. The Bertz CT molecular complexity index is 413. The van der Waals surface area contributed by atoms with Crippen molar-refractivity contribution in [3.8, 4) is 5.75 Å². The van der Waals surface area contributed by atoms with Crippen molar-refractivity contribution >= 4 is 5.69 Å². The van der Waals surface area contributed by atoms with E-state index in [9.17, 15) is 0 Å². The molecule has 0 spiro atoms. The minimum atomic E-state index is 0.0937. The predicted molar refractivity (Wildman–Crippen MR) is 83.2 cm³/mol. The number of hydrogen-bond acceptors (Lipinski definition) is 3. The van der Waals surface area contributed by atoms with Gasteiger partial charge in [0.05, 0.1) is 12.8 Å². The largest absolute Gasteiger partial charge is 0.495 e. The molecular weight excluding hydrogens is 236 g/mol. The van der Waals surface area contributed by atoms with Crippen LogP contribution in [-0.2, 0) is 0 Å². The maximum absolute atomic E-state index is 5.81. The third-order valence-corrected chi connectivity index (χ3v) is 3.50. The molecule has 0 saturated heterocycles. The van der Waals surface area contributed by atoms with Crippen molar-refractivity contribution in [2.45, 2.75) is 33.6 Å². The van der Waals surface area contributed by atoms with E-state index < -0.39 is 0 Å². The molecular formula is C16H28N2O. The lowest BCUT2D eigenvalue weighted by atomic mass is 9.93. The minimum absolute atomic E-state index is 0.0937. The molecule has 0 radical (unpaired) electrons. The van der Waals surface area contributed by atoms with Crippen LogP contribution in [0, 0.1) is 5.41 Å². The molecule has 0 aliphatic heterocycles. The van der Waals surface area contributed by atoms with Crippen LogP contribution < -0.4 is 15.4 Å². The normalized spacial score (nSPS) is 11.8. The van der Waals surface area contributed by atoms with Crippen LogP contribution in [0.4, 0.5) is 5.69 Å². The molecule has 0 atom stereocenters. The molecule has 108 valence electrons. The van der Waals surface area contributed by atoms with Gasteiger partial charge in [-0.25, -0.2) is 0 Å².